The van der Waals surface area contributed by atoms with Gasteiger partial charge in [-0.2, -0.15) is 0 Å². The third kappa shape index (κ3) is 3.34. The molecule has 0 atom stereocenters. The second-order valence-electron chi connectivity index (χ2n) is 4.28. The molecule has 18 heavy (non-hydrogen) atoms. The van der Waals surface area contributed by atoms with Gasteiger partial charge in [-0.05, 0) is 12.1 Å². The van der Waals surface area contributed by atoms with Crippen LogP contribution in [0, 0.1) is 0 Å². The highest BCUT2D eigenvalue weighted by Crippen LogP contribution is 2.23. The standard InChI is InChI=1S/C12H16ClN3O2/c13-10-2-1-4-14-12(10)16-8-6-15(7-9-16)5-3-11(17)18/h1-2,4H,3,5-9H2,(H,17,18). The molecular formula is C12H16ClN3O2. The van der Waals surface area contributed by atoms with Crippen molar-refractivity contribution in [3.63, 3.8) is 0 Å². The van der Waals surface area contributed by atoms with Crippen LogP contribution < -0.4 is 4.90 Å². The second-order valence-corrected chi connectivity index (χ2v) is 4.69. The number of carboxylic acid groups (broad SMARTS) is 1. The molecule has 1 aromatic rings. The molecule has 0 radical (unpaired) electrons. The molecule has 98 valence electrons. The van der Waals surface area contributed by atoms with Gasteiger partial charge in [-0.1, -0.05) is 11.6 Å². The van der Waals surface area contributed by atoms with Gasteiger partial charge in [0.2, 0.25) is 0 Å². The van der Waals surface area contributed by atoms with Crippen molar-refractivity contribution in [2.75, 3.05) is 37.6 Å². The molecule has 0 spiro atoms. The summed E-state index contributed by atoms with van der Waals surface area (Å²) in [5.74, 6) is 0.0715. The van der Waals surface area contributed by atoms with Crippen molar-refractivity contribution in [1.82, 2.24) is 9.88 Å². The van der Waals surface area contributed by atoms with E-state index >= 15 is 0 Å². The molecule has 1 aromatic heterocycles. The Kier molecular flexibility index (Phi) is 4.38. The Labute approximate surface area is 111 Å². The predicted molar refractivity (Wildman–Crippen MR) is 70.2 cm³/mol. The molecule has 2 heterocycles. The summed E-state index contributed by atoms with van der Waals surface area (Å²) >= 11 is 6.10. The Morgan fingerprint density at radius 2 is 2.11 bits per heavy atom. The number of carbonyl (C=O) groups is 1. The van der Waals surface area contributed by atoms with Gasteiger partial charge in [0, 0.05) is 38.9 Å². The number of hydrogen-bond acceptors (Lipinski definition) is 4. The van der Waals surface area contributed by atoms with Crippen molar-refractivity contribution in [3.8, 4) is 0 Å². The number of aliphatic carboxylic acids is 1. The molecule has 2 rings (SSSR count). The zero-order valence-corrected chi connectivity index (χ0v) is 10.8. The van der Waals surface area contributed by atoms with E-state index in [0.717, 1.165) is 32.0 Å². The zero-order valence-electron chi connectivity index (χ0n) is 10.0. The van der Waals surface area contributed by atoms with E-state index in [2.05, 4.69) is 14.8 Å². The molecule has 1 aliphatic rings. The van der Waals surface area contributed by atoms with E-state index in [-0.39, 0.29) is 6.42 Å². The summed E-state index contributed by atoms with van der Waals surface area (Å²) in [6.07, 6.45) is 1.93. The first-order valence-electron chi connectivity index (χ1n) is 5.96. The van der Waals surface area contributed by atoms with Crippen molar-refractivity contribution >= 4 is 23.4 Å². The second kappa shape index (κ2) is 6.02. The summed E-state index contributed by atoms with van der Waals surface area (Å²) in [6, 6.07) is 3.65. The van der Waals surface area contributed by atoms with Crippen LogP contribution in [0.25, 0.3) is 0 Å². The van der Waals surface area contributed by atoms with Gasteiger partial charge < -0.3 is 10.0 Å². The monoisotopic (exact) mass is 269 g/mol. The lowest BCUT2D eigenvalue weighted by molar-refractivity contribution is -0.137. The Morgan fingerprint density at radius 3 is 2.72 bits per heavy atom. The number of pyridine rings is 1. The minimum atomic E-state index is -0.745. The minimum Gasteiger partial charge on any atom is -0.481 e. The molecule has 0 aliphatic carbocycles. The summed E-state index contributed by atoms with van der Waals surface area (Å²) in [5.41, 5.74) is 0. The maximum atomic E-state index is 10.5. The Bertz CT molecular complexity index is 420. The van der Waals surface area contributed by atoms with E-state index in [1.54, 1.807) is 6.20 Å². The number of halogens is 1. The fourth-order valence-electron chi connectivity index (χ4n) is 2.05. The predicted octanol–water partition coefficient (Wildman–Crippen LogP) is 1.33. The van der Waals surface area contributed by atoms with Gasteiger partial charge in [-0.3, -0.25) is 9.69 Å². The van der Waals surface area contributed by atoms with Crippen molar-refractivity contribution in [3.05, 3.63) is 23.4 Å². The average Bonchev–Trinajstić information content (AvgIpc) is 2.38. The molecule has 1 N–H and O–H groups in total. The fraction of sp³-hybridized carbons (Fsp3) is 0.500. The number of anilines is 1. The molecule has 6 heteroatoms. The van der Waals surface area contributed by atoms with Crippen molar-refractivity contribution in [2.24, 2.45) is 0 Å². The Balaban J connectivity index is 1.87. The van der Waals surface area contributed by atoms with Gasteiger partial charge in [0.1, 0.15) is 5.82 Å². The van der Waals surface area contributed by atoms with Crippen molar-refractivity contribution in [2.45, 2.75) is 6.42 Å². The van der Waals surface area contributed by atoms with Gasteiger partial charge in [0.05, 0.1) is 11.4 Å². The normalized spacial score (nSPS) is 16.8. The highest BCUT2D eigenvalue weighted by Gasteiger charge is 2.19. The first-order chi connectivity index (χ1) is 8.66. The van der Waals surface area contributed by atoms with E-state index in [0.29, 0.717) is 11.6 Å². The highest BCUT2D eigenvalue weighted by atomic mass is 35.5. The molecule has 5 nitrogen and oxygen atoms in total. The Hall–Kier alpha value is -1.33. The largest absolute Gasteiger partial charge is 0.481 e. The number of carboxylic acids is 1. The number of hydrogen-bond donors (Lipinski definition) is 1. The van der Waals surface area contributed by atoms with E-state index in [1.165, 1.54) is 0 Å². The van der Waals surface area contributed by atoms with Crippen LogP contribution in [0.1, 0.15) is 6.42 Å². The van der Waals surface area contributed by atoms with Gasteiger partial charge >= 0.3 is 5.97 Å². The first kappa shape index (κ1) is 13.1. The molecule has 0 aromatic carbocycles. The zero-order chi connectivity index (χ0) is 13.0. The first-order valence-corrected chi connectivity index (χ1v) is 6.34. The van der Waals surface area contributed by atoms with Crippen LogP contribution in [0.2, 0.25) is 5.02 Å². The average molecular weight is 270 g/mol. The number of rotatable bonds is 4. The van der Waals surface area contributed by atoms with Gasteiger partial charge in [0.25, 0.3) is 0 Å². The molecule has 0 bridgehead atoms. The topological polar surface area (TPSA) is 56.7 Å². The van der Waals surface area contributed by atoms with Crippen LogP contribution in [-0.4, -0.2) is 53.7 Å². The smallest absolute Gasteiger partial charge is 0.304 e. The maximum Gasteiger partial charge on any atom is 0.304 e. The summed E-state index contributed by atoms with van der Waals surface area (Å²) in [5, 5.41) is 9.31. The lowest BCUT2D eigenvalue weighted by Gasteiger charge is -2.35. The molecule has 1 saturated heterocycles. The van der Waals surface area contributed by atoms with Crippen LogP contribution in [0.15, 0.2) is 18.3 Å². The quantitative estimate of drug-likeness (QED) is 0.894. The summed E-state index contributed by atoms with van der Waals surface area (Å²) in [7, 11) is 0. The summed E-state index contributed by atoms with van der Waals surface area (Å²) < 4.78 is 0. The number of nitrogens with zero attached hydrogens (tertiary/aromatic N) is 3. The SMILES string of the molecule is O=C(O)CCN1CCN(c2ncccc2Cl)CC1. The van der Waals surface area contributed by atoms with Gasteiger partial charge in [0.15, 0.2) is 0 Å². The number of aromatic nitrogens is 1. The van der Waals surface area contributed by atoms with Gasteiger partial charge in [-0.15, -0.1) is 0 Å². The van der Waals surface area contributed by atoms with Crippen molar-refractivity contribution in [1.29, 1.82) is 0 Å². The molecule has 0 unspecified atom stereocenters. The van der Waals surface area contributed by atoms with Crippen molar-refractivity contribution < 1.29 is 9.90 Å². The van der Waals surface area contributed by atoms with Crippen LogP contribution in [0.5, 0.6) is 0 Å². The fourth-order valence-corrected chi connectivity index (χ4v) is 2.29. The Morgan fingerprint density at radius 1 is 1.39 bits per heavy atom. The third-order valence-electron chi connectivity index (χ3n) is 3.05. The third-order valence-corrected chi connectivity index (χ3v) is 3.35. The minimum absolute atomic E-state index is 0.199. The lowest BCUT2D eigenvalue weighted by Crippen LogP contribution is -2.47. The van der Waals surface area contributed by atoms with E-state index in [1.807, 2.05) is 12.1 Å². The maximum absolute atomic E-state index is 10.5. The molecule has 1 fully saturated rings. The molecule has 1 aliphatic heterocycles. The molecule has 0 amide bonds. The van der Waals surface area contributed by atoms with E-state index < -0.39 is 5.97 Å². The lowest BCUT2D eigenvalue weighted by atomic mass is 10.3. The van der Waals surface area contributed by atoms with Gasteiger partial charge in [-0.25, -0.2) is 4.98 Å². The van der Waals surface area contributed by atoms with Crippen LogP contribution in [-0.2, 0) is 4.79 Å². The van der Waals surface area contributed by atoms with Crippen LogP contribution in [0.4, 0.5) is 5.82 Å². The highest BCUT2D eigenvalue weighted by molar-refractivity contribution is 6.32. The number of piperazine rings is 1. The molecular weight excluding hydrogens is 254 g/mol. The summed E-state index contributed by atoms with van der Waals surface area (Å²) in [4.78, 5) is 19.1. The van der Waals surface area contributed by atoms with E-state index in [4.69, 9.17) is 16.7 Å². The van der Waals surface area contributed by atoms with Crippen LogP contribution >= 0.6 is 11.6 Å². The molecule has 0 saturated carbocycles. The summed E-state index contributed by atoms with van der Waals surface area (Å²) in [6.45, 7) is 3.96. The van der Waals surface area contributed by atoms with E-state index in [9.17, 15) is 4.79 Å². The van der Waals surface area contributed by atoms with Crippen LogP contribution in [0.3, 0.4) is 0 Å².